The Kier molecular flexibility index (Phi) is 10.7. The number of aliphatic hydroxyl groups excluding tert-OH is 1. The van der Waals surface area contributed by atoms with E-state index in [0.717, 1.165) is 22.2 Å². The Bertz CT molecular complexity index is 1630. The summed E-state index contributed by atoms with van der Waals surface area (Å²) in [6.07, 6.45) is 3.59. The summed E-state index contributed by atoms with van der Waals surface area (Å²) in [5, 5.41) is 9.03. The Morgan fingerprint density at radius 1 is 0.978 bits per heavy atom. The molecule has 0 saturated carbocycles. The topological polar surface area (TPSA) is 92.2 Å². The van der Waals surface area contributed by atoms with Crippen molar-refractivity contribution >= 4 is 33.8 Å². The molecule has 1 amide bonds. The first-order chi connectivity index (χ1) is 21.9. The molecule has 0 fully saturated rings. The zero-order valence-electron chi connectivity index (χ0n) is 24.3. The van der Waals surface area contributed by atoms with Gasteiger partial charge in [0.2, 0.25) is 5.90 Å². The summed E-state index contributed by atoms with van der Waals surface area (Å²) in [7, 11) is 0. The molecule has 2 atom stereocenters. The first kappa shape index (κ1) is 32.0. The summed E-state index contributed by atoms with van der Waals surface area (Å²) in [6.45, 7) is 0.130. The number of aliphatic imine (C=N–C) groups is 1. The standard InChI is InChI=1S/C35H32BrF2N3O4/c36-27-16-12-25(13-17-27)32-35(20-5-9-24-7-2-1-3-8-24,34(43)41-39-23-29-30(37)10-4-11-31(29)38)40-33(45-32)26-14-18-28(19-15-26)44-22-6-21-42/h1-5,7-19,32,39,42H,6,20-23H2,(H,41,43)/b9-5+/t32-,35-/m0/s1. The highest BCUT2D eigenvalue weighted by Gasteiger charge is 2.52. The van der Waals surface area contributed by atoms with E-state index in [2.05, 4.69) is 26.8 Å². The molecule has 232 valence electrons. The van der Waals surface area contributed by atoms with E-state index in [1.807, 2.05) is 66.7 Å². The number of hydrazine groups is 1. The van der Waals surface area contributed by atoms with E-state index in [1.165, 1.54) is 6.07 Å². The van der Waals surface area contributed by atoms with Crippen LogP contribution in [0.5, 0.6) is 5.75 Å². The predicted molar refractivity (Wildman–Crippen MR) is 172 cm³/mol. The fourth-order valence-corrected chi connectivity index (χ4v) is 5.18. The van der Waals surface area contributed by atoms with Gasteiger partial charge in [0.25, 0.3) is 5.91 Å². The van der Waals surface area contributed by atoms with Crippen LogP contribution in [0.4, 0.5) is 8.78 Å². The number of carbonyl (C=O) groups is 1. The maximum absolute atomic E-state index is 14.3. The average Bonchev–Trinajstić information content (AvgIpc) is 3.44. The molecule has 4 aromatic rings. The Balaban J connectivity index is 1.49. The smallest absolute Gasteiger partial charge is 0.266 e. The molecule has 5 rings (SSSR count). The van der Waals surface area contributed by atoms with Crippen LogP contribution < -0.4 is 15.6 Å². The van der Waals surface area contributed by atoms with Crippen LogP contribution in [0.1, 0.15) is 41.2 Å². The lowest BCUT2D eigenvalue weighted by molar-refractivity contribution is -0.129. The molecule has 0 aromatic heterocycles. The fourth-order valence-electron chi connectivity index (χ4n) is 4.91. The number of rotatable bonds is 13. The second-order valence-corrected chi connectivity index (χ2v) is 11.3. The average molecular weight is 677 g/mol. The van der Waals surface area contributed by atoms with Crippen molar-refractivity contribution in [3.8, 4) is 5.75 Å². The SMILES string of the molecule is O=C(NNCc1c(F)cccc1F)[C@@]1(C/C=C/c2ccccc2)N=C(c2ccc(OCCCO)cc2)O[C@H]1c1ccc(Br)cc1. The van der Waals surface area contributed by atoms with Gasteiger partial charge in [-0.2, -0.15) is 0 Å². The molecule has 0 saturated heterocycles. The van der Waals surface area contributed by atoms with E-state index in [-0.39, 0.29) is 31.0 Å². The van der Waals surface area contributed by atoms with Gasteiger partial charge in [-0.25, -0.2) is 19.2 Å². The Labute approximate surface area is 268 Å². The van der Waals surface area contributed by atoms with Gasteiger partial charge in [-0.1, -0.05) is 76.6 Å². The van der Waals surface area contributed by atoms with Crippen molar-refractivity contribution in [1.29, 1.82) is 0 Å². The number of benzene rings is 4. The van der Waals surface area contributed by atoms with Crippen LogP contribution in [0.2, 0.25) is 0 Å². The minimum atomic E-state index is -1.49. The van der Waals surface area contributed by atoms with E-state index in [1.54, 1.807) is 24.3 Å². The third-order valence-corrected chi connectivity index (χ3v) is 7.80. The molecule has 7 nitrogen and oxygen atoms in total. The third-order valence-electron chi connectivity index (χ3n) is 7.27. The molecule has 45 heavy (non-hydrogen) atoms. The molecule has 1 aliphatic heterocycles. The largest absolute Gasteiger partial charge is 0.494 e. The van der Waals surface area contributed by atoms with Crippen LogP contribution in [0.3, 0.4) is 0 Å². The molecule has 10 heteroatoms. The molecular formula is C35H32BrF2N3O4. The summed E-state index contributed by atoms with van der Waals surface area (Å²) >= 11 is 3.47. The van der Waals surface area contributed by atoms with E-state index in [4.69, 9.17) is 19.6 Å². The van der Waals surface area contributed by atoms with Gasteiger partial charge in [0, 0.05) is 41.6 Å². The summed E-state index contributed by atoms with van der Waals surface area (Å²) in [5.41, 5.74) is 5.93. The van der Waals surface area contributed by atoms with Crippen molar-refractivity contribution in [2.45, 2.75) is 31.0 Å². The molecule has 0 unspecified atom stereocenters. The number of carbonyl (C=O) groups excluding carboxylic acids is 1. The van der Waals surface area contributed by atoms with Gasteiger partial charge in [-0.3, -0.25) is 10.2 Å². The van der Waals surface area contributed by atoms with Crippen LogP contribution in [0, 0.1) is 11.6 Å². The van der Waals surface area contributed by atoms with Gasteiger partial charge >= 0.3 is 0 Å². The van der Waals surface area contributed by atoms with Crippen molar-refractivity contribution in [1.82, 2.24) is 10.9 Å². The highest BCUT2D eigenvalue weighted by Crippen LogP contribution is 2.43. The van der Waals surface area contributed by atoms with Gasteiger partial charge < -0.3 is 14.6 Å². The number of halogens is 3. The maximum atomic E-state index is 14.3. The zero-order chi connectivity index (χ0) is 31.6. The predicted octanol–water partition coefficient (Wildman–Crippen LogP) is 6.67. The van der Waals surface area contributed by atoms with Gasteiger partial charge in [0.05, 0.1) is 6.61 Å². The van der Waals surface area contributed by atoms with Crippen molar-refractivity contribution in [3.05, 3.63) is 141 Å². The number of aliphatic hydroxyl groups is 1. The molecule has 0 bridgehead atoms. The molecule has 1 aliphatic rings. The minimum Gasteiger partial charge on any atom is -0.494 e. The Morgan fingerprint density at radius 2 is 1.69 bits per heavy atom. The molecule has 1 heterocycles. The first-order valence-electron chi connectivity index (χ1n) is 14.4. The first-order valence-corrected chi connectivity index (χ1v) is 15.2. The van der Waals surface area contributed by atoms with Gasteiger partial charge in [-0.05, 0) is 59.7 Å². The third kappa shape index (κ3) is 7.83. The van der Waals surface area contributed by atoms with Crippen molar-refractivity contribution < 1.29 is 28.2 Å². The lowest BCUT2D eigenvalue weighted by Gasteiger charge is -2.30. The van der Waals surface area contributed by atoms with E-state index >= 15 is 0 Å². The highest BCUT2D eigenvalue weighted by atomic mass is 79.9. The monoisotopic (exact) mass is 675 g/mol. The lowest BCUT2D eigenvalue weighted by Crippen LogP contribution is -2.52. The highest BCUT2D eigenvalue weighted by molar-refractivity contribution is 9.10. The van der Waals surface area contributed by atoms with Gasteiger partial charge in [-0.15, -0.1) is 0 Å². The Morgan fingerprint density at radius 3 is 2.38 bits per heavy atom. The van der Waals surface area contributed by atoms with Gasteiger partial charge in [0.15, 0.2) is 11.6 Å². The van der Waals surface area contributed by atoms with Crippen LogP contribution >= 0.6 is 15.9 Å². The van der Waals surface area contributed by atoms with Crippen LogP contribution in [-0.2, 0) is 16.1 Å². The van der Waals surface area contributed by atoms with E-state index in [9.17, 15) is 13.6 Å². The normalized spacial score (nSPS) is 17.6. The maximum Gasteiger partial charge on any atom is 0.266 e. The molecule has 0 spiro atoms. The fraction of sp³-hybridized carbons (Fsp3) is 0.200. The number of hydrogen-bond donors (Lipinski definition) is 3. The lowest BCUT2D eigenvalue weighted by atomic mass is 9.84. The quantitative estimate of drug-likeness (QED) is 0.109. The van der Waals surface area contributed by atoms with E-state index in [0.29, 0.717) is 29.9 Å². The minimum absolute atomic E-state index is 0.0348. The summed E-state index contributed by atoms with van der Waals surface area (Å²) < 4.78 is 41.5. The van der Waals surface area contributed by atoms with Crippen molar-refractivity contribution in [3.63, 3.8) is 0 Å². The number of nitrogens with zero attached hydrogens (tertiary/aromatic N) is 1. The number of hydrogen-bond acceptors (Lipinski definition) is 6. The summed E-state index contributed by atoms with van der Waals surface area (Å²) in [5.74, 6) is -1.11. The second-order valence-electron chi connectivity index (χ2n) is 10.4. The van der Waals surface area contributed by atoms with E-state index < -0.39 is 29.2 Å². The zero-order valence-corrected chi connectivity index (χ0v) is 25.8. The molecule has 4 aromatic carbocycles. The second kappa shape index (κ2) is 15.1. The summed E-state index contributed by atoms with van der Waals surface area (Å²) in [6, 6.07) is 27.8. The van der Waals surface area contributed by atoms with Crippen LogP contribution in [0.15, 0.2) is 113 Å². The summed E-state index contributed by atoms with van der Waals surface area (Å²) in [4.78, 5) is 19.1. The van der Waals surface area contributed by atoms with Crippen LogP contribution in [-0.4, -0.2) is 35.7 Å². The molecule has 0 aliphatic carbocycles. The van der Waals surface area contributed by atoms with Crippen molar-refractivity contribution in [2.75, 3.05) is 13.2 Å². The molecule has 0 radical (unpaired) electrons. The number of nitrogens with one attached hydrogen (secondary N) is 2. The molecular weight excluding hydrogens is 644 g/mol. The van der Waals surface area contributed by atoms with Crippen molar-refractivity contribution in [2.24, 2.45) is 4.99 Å². The Hall–Kier alpha value is -4.38. The number of ether oxygens (including phenoxy) is 2. The molecule has 3 N–H and O–H groups in total. The number of amides is 1. The van der Waals surface area contributed by atoms with Gasteiger partial charge in [0.1, 0.15) is 17.4 Å². The van der Waals surface area contributed by atoms with Crippen LogP contribution in [0.25, 0.3) is 6.08 Å².